The second-order valence-electron chi connectivity index (χ2n) is 5.79. The summed E-state index contributed by atoms with van der Waals surface area (Å²) < 4.78 is 13.6. The Labute approximate surface area is 119 Å². The minimum Gasteiger partial charge on any atom is -0.377 e. The van der Waals surface area contributed by atoms with Crippen LogP contribution in [0, 0.1) is 21.3 Å². The van der Waals surface area contributed by atoms with E-state index < -0.39 is 10.7 Å². The summed E-state index contributed by atoms with van der Waals surface area (Å²) in [6.07, 6.45) is 3.01. The fourth-order valence-corrected chi connectivity index (χ4v) is 2.93. The standard InChI is InChI=1S/C13H16BrFN2O2/c1-13(2)4-3-8(7-13)16-11-5-9(14)10(15)6-12(11)17(18)19/h5-6,8,16H,3-4,7H2,1-2H3. The Hall–Kier alpha value is -1.17. The van der Waals surface area contributed by atoms with E-state index in [0.29, 0.717) is 5.69 Å². The molecule has 1 unspecified atom stereocenters. The van der Waals surface area contributed by atoms with Gasteiger partial charge in [-0.3, -0.25) is 10.1 Å². The Morgan fingerprint density at radius 2 is 2.21 bits per heavy atom. The van der Waals surface area contributed by atoms with Crippen molar-refractivity contribution in [2.24, 2.45) is 5.41 Å². The van der Waals surface area contributed by atoms with E-state index in [1.165, 1.54) is 6.07 Å². The highest BCUT2D eigenvalue weighted by atomic mass is 79.9. The molecule has 19 heavy (non-hydrogen) atoms. The summed E-state index contributed by atoms with van der Waals surface area (Å²) in [5, 5.41) is 14.1. The first-order valence-corrected chi connectivity index (χ1v) is 6.98. The molecule has 1 fully saturated rings. The molecule has 2 rings (SSSR count). The van der Waals surface area contributed by atoms with Crippen LogP contribution in [0.25, 0.3) is 0 Å². The third-order valence-electron chi connectivity index (χ3n) is 3.56. The van der Waals surface area contributed by atoms with E-state index in [9.17, 15) is 14.5 Å². The van der Waals surface area contributed by atoms with Gasteiger partial charge in [-0.1, -0.05) is 13.8 Å². The molecular formula is C13H16BrFN2O2. The van der Waals surface area contributed by atoms with Crippen molar-refractivity contribution in [3.05, 3.63) is 32.5 Å². The summed E-state index contributed by atoms with van der Waals surface area (Å²) in [5.41, 5.74) is 0.412. The van der Waals surface area contributed by atoms with Crippen LogP contribution in [0.2, 0.25) is 0 Å². The summed E-state index contributed by atoms with van der Waals surface area (Å²) in [4.78, 5) is 10.4. The topological polar surface area (TPSA) is 55.2 Å². The Bertz CT molecular complexity index is 520. The molecule has 1 atom stereocenters. The lowest BCUT2D eigenvalue weighted by Crippen LogP contribution is -2.18. The minimum atomic E-state index is -0.621. The van der Waals surface area contributed by atoms with E-state index in [1.54, 1.807) is 0 Å². The first-order valence-electron chi connectivity index (χ1n) is 6.18. The fourth-order valence-electron chi connectivity index (χ4n) is 2.58. The van der Waals surface area contributed by atoms with E-state index in [-0.39, 0.29) is 21.6 Å². The van der Waals surface area contributed by atoms with Crippen molar-refractivity contribution in [3.63, 3.8) is 0 Å². The second-order valence-corrected chi connectivity index (χ2v) is 6.64. The maximum absolute atomic E-state index is 13.4. The molecule has 104 valence electrons. The number of hydrogen-bond acceptors (Lipinski definition) is 3. The highest BCUT2D eigenvalue weighted by Crippen LogP contribution is 2.40. The molecule has 1 N–H and O–H groups in total. The largest absolute Gasteiger partial charge is 0.377 e. The number of hydrogen-bond donors (Lipinski definition) is 1. The molecule has 0 aliphatic heterocycles. The van der Waals surface area contributed by atoms with Gasteiger partial charge in [0.05, 0.1) is 15.5 Å². The molecule has 1 aliphatic carbocycles. The number of anilines is 1. The number of benzene rings is 1. The van der Waals surface area contributed by atoms with Crippen molar-refractivity contribution in [3.8, 4) is 0 Å². The first kappa shape index (κ1) is 14.2. The average molecular weight is 331 g/mol. The quantitative estimate of drug-likeness (QED) is 0.656. The predicted octanol–water partition coefficient (Wildman–Crippen LogP) is 4.49. The van der Waals surface area contributed by atoms with Gasteiger partial charge in [-0.2, -0.15) is 0 Å². The van der Waals surface area contributed by atoms with Gasteiger partial charge in [0.2, 0.25) is 0 Å². The molecule has 1 aromatic rings. The zero-order valence-corrected chi connectivity index (χ0v) is 12.5. The normalized spacial score (nSPS) is 21.4. The first-order chi connectivity index (χ1) is 8.78. The molecule has 1 aliphatic rings. The van der Waals surface area contributed by atoms with Crippen molar-refractivity contribution in [2.75, 3.05) is 5.32 Å². The maximum Gasteiger partial charge on any atom is 0.295 e. The number of halogens is 2. The monoisotopic (exact) mass is 330 g/mol. The third kappa shape index (κ3) is 3.23. The Morgan fingerprint density at radius 1 is 1.53 bits per heavy atom. The number of nitro groups is 1. The van der Waals surface area contributed by atoms with Gasteiger partial charge in [0.1, 0.15) is 11.5 Å². The number of rotatable bonds is 3. The Balaban J connectivity index is 2.25. The van der Waals surface area contributed by atoms with Gasteiger partial charge >= 0.3 is 0 Å². The lowest BCUT2D eigenvalue weighted by Gasteiger charge is -2.18. The van der Waals surface area contributed by atoms with Gasteiger partial charge in [-0.25, -0.2) is 4.39 Å². The summed E-state index contributed by atoms with van der Waals surface area (Å²) in [6.45, 7) is 4.37. The molecule has 0 bridgehead atoms. The maximum atomic E-state index is 13.4. The van der Waals surface area contributed by atoms with E-state index in [4.69, 9.17) is 0 Å². The zero-order chi connectivity index (χ0) is 14.2. The van der Waals surface area contributed by atoms with Crippen LogP contribution in [0.15, 0.2) is 16.6 Å². The summed E-state index contributed by atoms with van der Waals surface area (Å²) in [5.74, 6) is -0.621. The van der Waals surface area contributed by atoms with Crippen LogP contribution >= 0.6 is 15.9 Å². The summed E-state index contributed by atoms with van der Waals surface area (Å²) in [6, 6.07) is 2.59. The third-order valence-corrected chi connectivity index (χ3v) is 4.17. The number of nitro benzene ring substituents is 1. The van der Waals surface area contributed by atoms with Crippen molar-refractivity contribution in [1.82, 2.24) is 0 Å². The van der Waals surface area contributed by atoms with Crippen LogP contribution < -0.4 is 5.32 Å². The van der Waals surface area contributed by atoms with Crippen LogP contribution in [-0.4, -0.2) is 11.0 Å². The molecule has 6 heteroatoms. The van der Waals surface area contributed by atoms with Gasteiger partial charge in [0.15, 0.2) is 0 Å². The molecule has 0 aromatic heterocycles. The Kier molecular flexibility index (Phi) is 3.80. The van der Waals surface area contributed by atoms with Crippen molar-refractivity contribution in [1.29, 1.82) is 0 Å². The van der Waals surface area contributed by atoms with E-state index in [1.807, 2.05) is 0 Å². The molecule has 0 spiro atoms. The van der Waals surface area contributed by atoms with Crippen LogP contribution in [0.5, 0.6) is 0 Å². The molecule has 0 amide bonds. The van der Waals surface area contributed by atoms with Gasteiger partial charge in [-0.15, -0.1) is 0 Å². The van der Waals surface area contributed by atoms with E-state index in [2.05, 4.69) is 35.1 Å². The molecule has 1 aromatic carbocycles. The van der Waals surface area contributed by atoms with E-state index >= 15 is 0 Å². The SMILES string of the molecule is CC1(C)CCC(Nc2cc(Br)c(F)cc2[N+](=O)[O-])C1. The minimum absolute atomic E-state index is 0.200. The molecule has 0 saturated heterocycles. The second kappa shape index (κ2) is 5.07. The molecule has 4 nitrogen and oxygen atoms in total. The lowest BCUT2D eigenvalue weighted by atomic mass is 9.92. The van der Waals surface area contributed by atoms with Gasteiger partial charge in [0.25, 0.3) is 5.69 Å². The smallest absolute Gasteiger partial charge is 0.295 e. The zero-order valence-electron chi connectivity index (χ0n) is 10.9. The van der Waals surface area contributed by atoms with Gasteiger partial charge < -0.3 is 5.32 Å². The Morgan fingerprint density at radius 3 is 2.74 bits per heavy atom. The number of nitrogens with one attached hydrogen (secondary N) is 1. The van der Waals surface area contributed by atoms with Crippen LogP contribution in [0.3, 0.4) is 0 Å². The lowest BCUT2D eigenvalue weighted by molar-refractivity contribution is -0.384. The molecule has 1 saturated carbocycles. The van der Waals surface area contributed by atoms with Crippen molar-refractivity contribution < 1.29 is 9.31 Å². The highest BCUT2D eigenvalue weighted by molar-refractivity contribution is 9.10. The van der Waals surface area contributed by atoms with Gasteiger partial charge in [-0.05, 0) is 46.7 Å². The summed E-state index contributed by atoms with van der Waals surface area (Å²) in [7, 11) is 0. The predicted molar refractivity (Wildman–Crippen MR) is 75.8 cm³/mol. The van der Waals surface area contributed by atoms with E-state index in [0.717, 1.165) is 25.3 Å². The molecule has 0 heterocycles. The fraction of sp³-hybridized carbons (Fsp3) is 0.538. The van der Waals surface area contributed by atoms with Crippen LogP contribution in [0.4, 0.5) is 15.8 Å². The highest BCUT2D eigenvalue weighted by Gasteiger charge is 2.32. The van der Waals surface area contributed by atoms with Crippen molar-refractivity contribution >= 4 is 27.3 Å². The molecular weight excluding hydrogens is 315 g/mol. The summed E-state index contributed by atoms with van der Waals surface area (Å²) >= 11 is 3.06. The average Bonchev–Trinajstić information content (AvgIpc) is 2.62. The molecule has 0 radical (unpaired) electrons. The van der Waals surface area contributed by atoms with Crippen molar-refractivity contribution in [2.45, 2.75) is 39.2 Å². The van der Waals surface area contributed by atoms with Crippen LogP contribution in [0.1, 0.15) is 33.1 Å². The van der Waals surface area contributed by atoms with Gasteiger partial charge in [0, 0.05) is 6.04 Å². The van der Waals surface area contributed by atoms with Crippen LogP contribution in [-0.2, 0) is 0 Å². The number of nitrogens with zero attached hydrogens (tertiary/aromatic N) is 1.